The van der Waals surface area contributed by atoms with Gasteiger partial charge in [0.2, 0.25) is 0 Å². The van der Waals surface area contributed by atoms with Gasteiger partial charge in [-0.25, -0.2) is 0 Å². The molecule has 0 heterocycles. The fourth-order valence-electron chi connectivity index (χ4n) is 3.08. The molecule has 1 rings (SSSR count). The van der Waals surface area contributed by atoms with Crippen molar-refractivity contribution < 1.29 is 14.6 Å². The number of aliphatic hydroxyl groups excluding tert-OH is 1. The smallest absolute Gasteiger partial charge is 0.308 e. The Morgan fingerprint density at radius 1 is 0.885 bits per heavy atom. The first-order chi connectivity index (χ1) is 12.6. The molecule has 26 heavy (non-hydrogen) atoms. The Labute approximate surface area is 160 Å². The van der Waals surface area contributed by atoms with Crippen LogP contribution in [0.1, 0.15) is 90.0 Å². The molecular formula is C23H38O3. The van der Waals surface area contributed by atoms with Crippen LogP contribution in [-0.2, 0) is 16.1 Å². The number of unbranched alkanes of at least 4 members (excludes halogenated alkanes) is 7. The zero-order chi connectivity index (χ0) is 19.0. The molecule has 1 aromatic rings. The summed E-state index contributed by atoms with van der Waals surface area (Å²) in [7, 11) is 0. The molecule has 0 amide bonds. The normalized spacial score (nSPS) is 12.3. The number of carbonyl (C=O) groups is 1. The summed E-state index contributed by atoms with van der Waals surface area (Å²) in [6, 6.07) is 9.62. The van der Waals surface area contributed by atoms with E-state index < -0.39 is 6.10 Å². The Kier molecular flexibility index (Phi) is 12.9. The van der Waals surface area contributed by atoms with Crippen LogP contribution in [0, 0.1) is 5.92 Å². The van der Waals surface area contributed by atoms with E-state index in [2.05, 4.69) is 13.8 Å². The molecule has 3 nitrogen and oxygen atoms in total. The Balaban J connectivity index is 1.91. The molecule has 1 aromatic carbocycles. The average Bonchev–Trinajstić information content (AvgIpc) is 2.62. The molecule has 0 aliphatic rings. The summed E-state index contributed by atoms with van der Waals surface area (Å²) in [6.07, 6.45) is 11.6. The van der Waals surface area contributed by atoms with Gasteiger partial charge in [0.1, 0.15) is 6.61 Å². The van der Waals surface area contributed by atoms with E-state index in [9.17, 15) is 9.90 Å². The maximum absolute atomic E-state index is 11.7. The van der Waals surface area contributed by atoms with Gasteiger partial charge in [-0.2, -0.15) is 0 Å². The molecule has 0 aromatic heterocycles. The lowest BCUT2D eigenvalue weighted by Gasteiger charge is -2.10. The van der Waals surface area contributed by atoms with Crippen LogP contribution in [0.5, 0.6) is 0 Å². The summed E-state index contributed by atoms with van der Waals surface area (Å²) in [5, 5.41) is 9.96. The van der Waals surface area contributed by atoms with E-state index in [1.54, 1.807) is 0 Å². The van der Waals surface area contributed by atoms with Crippen LogP contribution in [-0.4, -0.2) is 17.2 Å². The molecule has 0 saturated carbocycles. The molecule has 0 saturated heterocycles. The highest BCUT2D eigenvalue weighted by Gasteiger charge is 2.11. The Morgan fingerprint density at radius 3 is 2.00 bits per heavy atom. The van der Waals surface area contributed by atoms with Gasteiger partial charge in [-0.1, -0.05) is 102 Å². The number of hydrogen-bond acceptors (Lipinski definition) is 3. The first-order valence-corrected chi connectivity index (χ1v) is 10.5. The van der Waals surface area contributed by atoms with E-state index in [4.69, 9.17) is 4.74 Å². The highest BCUT2D eigenvalue weighted by Crippen LogP contribution is 2.14. The Bertz CT molecular complexity index is 456. The van der Waals surface area contributed by atoms with Gasteiger partial charge in [0.05, 0.1) is 12.5 Å². The van der Waals surface area contributed by atoms with Gasteiger partial charge in [0.25, 0.3) is 0 Å². The second-order valence-corrected chi connectivity index (χ2v) is 7.80. The number of benzene rings is 1. The van der Waals surface area contributed by atoms with Crippen molar-refractivity contribution in [1.82, 2.24) is 0 Å². The molecule has 0 aliphatic carbocycles. The zero-order valence-corrected chi connectivity index (χ0v) is 16.8. The van der Waals surface area contributed by atoms with Crippen molar-refractivity contribution in [3.05, 3.63) is 35.9 Å². The molecule has 0 spiro atoms. The van der Waals surface area contributed by atoms with Crippen LogP contribution in [0.15, 0.2) is 30.3 Å². The van der Waals surface area contributed by atoms with Gasteiger partial charge >= 0.3 is 5.97 Å². The minimum absolute atomic E-state index is 0.0999. The minimum atomic E-state index is -0.575. The molecule has 0 unspecified atom stereocenters. The van der Waals surface area contributed by atoms with Gasteiger partial charge < -0.3 is 9.84 Å². The van der Waals surface area contributed by atoms with Crippen LogP contribution in [0.2, 0.25) is 0 Å². The number of hydrogen-bond donors (Lipinski definition) is 1. The van der Waals surface area contributed by atoms with Gasteiger partial charge in [0, 0.05) is 0 Å². The van der Waals surface area contributed by atoms with E-state index >= 15 is 0 Å². The van der Waals surface area contributed by atoms with Crippen molar-refractivity contribution in [2.24, 2.45) is 5.92 Å². The summed E-state index contributed by atoms with van der Waals surface area (Å²) in [6.45, 7) is 4.86. The fourth-order valence-corrected chi connectivity index (χ4v) is 3.08. The number of esters is 1. The highest BCUT2D eigenvalue weighted by atomic mass is 16.5. The number of ether oxygens (including phenoxy) is 1. The largest absolute Gasteiger partial charge is 0.461 e. The summed E-state index contributed by atoms with van der Waals surface area (Å²) in [4.78, 5) is 11.7. The molecule has 1 atom stereocenters. The first-order valence-electron chi connectivity index (χ1n) is 10.5. The lowest BCUT2D eigenvalue weighted by molar-refractivity contribution is -0.147. The van der Waals surface area contributed by atoms with Gasteiger partial charge in [0.15, 0.2) is 0 Å². The van der Waals surface area contributed by atoms with E-state index in [0.29, 0.717) is 6.42 Å². The fraction of sp³-hybridized carbons (Fsp3) is 0.696. The summed E-state index contributed by atoms with van der Waals surface area (Å²) in [5.41, 5.74) is 0.972. The molecule has 3 heteroatoms. The molecule has 148 valence electrons. The number of rotatable bonds is 15. The highest BCUT2D eigenvalue weighted by molar-refractivity contribution is 5.69. The first kappa shape index (κ1) is 22.7. The van der Waals surface area contributed by atoms with Gasteiger partial charge in [-0.05, 0) is 17.9 Å². The molecule has 0 fully saturated rings. The summed E-state index contributed by atoms with van der Waals surface area (Å²) in [5.74, 6) is 0.514. The number of aliphatic hydroxyl groups is 1. The van der Waals surface area contributed by atoms with E-state index in [1.807, 2.05) is 30.3 Å². The second-order valence-electron chi connectivity index (χ2n) is 7.80. The SMILES string of the molecule is CC(C)CCCCCCCCCC[C@H](O)CC(=O)OCc1ccccc1. The molecule has 1 N–H and O–H groups in total. The lowest BCUT2D eigenvalue weighted by Crippen LogP contribution is -2.15. The maximum atomic E-state index is 11.7. The van der Waals surface area contributed by atoms with Crippen molar-refractivity contribution in [2.75, 3.05) is 0 Å². The van der Waals surface area contributed by atoms with E-state index in [0.717, 1.165) is 24.3 Å². The average molecular weight is 363 g/mol. The topological polar surface area (TPSA) is 46.5 Å². The monoisotopic (exact) mass is 362 g/mol. The van der Waals surface area contributed by atoms with E-state index in [-0.39, 0.29) is 19.0 Å². The third-order valence-electron chi connectivity index (χ3n) is 4.71. The predicted molar refractivity (Wildman–Crippen MR) is 108 cm³/mol. The Hall–Kier alpha value is -1.35. The molecular weight excluding hydrogens is 324 g/mol. The van der Waals surface area contributed by atoms with Crippen LogP contribution >= 0.6 is 0 Å². The zero-order valence-electron chi connectivity index (χ0n) is 16.8. The maximum Gasteiger partial charge on any atom is 0.308 e. The van der Waals surface area contributed by atoms with Crippen molar-refractivity contribution in [3.63, 3.8) is 0 Å². The van der Waals surface area contributed by atoms with Crippen molar-refractivity contribution in [1.29, 1.82) is 0 Å². The molecule has 0 aliphatic heterocycles. The number of carbonyl (C=O) groups excluding carboxylic acids is 1. The standard InChI is InChI=1S/C23H38O3/c1-20(2)14-10-7-5-3-4-6-8-13-17-22(24)18-23(25)26-19-21-15-11-9-12-16-21/h9,11-12,15-16,20,22,24H,3-8,10,13-14,17-19H2,1-2H3/t22-/m0/s1. The molecule has 0 radical (unpaired) electrons. The minimum Gasteiger partial charge on any atom is -0.461 e. The molecule has 0 bridgehead atoms. The van der Waals surface area contributed by atoms with Crippen molar-refractivity contribution in [3.8, 4) is 0 Å². The van der Waals surface area contributed by atoms with Crippen LogP contribution < -0.4 is 0 Å². The van der Waals surface area contributed by atoms with E-state index in [1.165, 1.54) is 44.9 Å². The van der Waals surface area contributed by atoms with Crippen LogP contribution in [0.25, 0.3) is 0 Å². The van der Waals surface area contributed by atoms with Gasteiger partial charge in [-0.15, -0.1) is 0 Å². The summed E-state index contributed by atoms with van der Waals surface area (Å²) < 4.78 is 5.21. The predicted octanol–water partition coefficient (Wildman–Crippen LogP) is 6.04. The third-order valence-corrected chi connectivity index (χ3v) is 4.71. The lowest BCUT2D eigenvalue weighted by atomic mass is 10.0. The second kappa shape index (κ2) is 14.8. The summed E-state index contributed by atoms with van der Waals surface area (Å²) >= 11 is 0. The van der Waals surface area contributed by atoms with Crippen molar-refractivity contribution >= 4 is 5.97 Å². The van der Waals surface area contributed by atoms with Crippen molar-refractivity contribution in [2.45, 2.75) is 97.2 Å². The third kappa shape index (κ3) is 12.9. The van der Waals surface area contributed by atoms with Crippen LogP contribution in [0.4, 0.5) is 0 Å². The quantitative estimate of drug-likeness (QED) is 0.306. The Morgan fingerprint density at radius 2 is 1.42 bits per heavy atom. The van der Waals surface area contributed by atoms with Crippen LogP contribution in [0.3, 0.4) is 0 Å². The van der Waals surface area contributed by atoms with Gasteiger partial charge in [-0.3, -0.25) is 4.79 Å².